The van der Waals surface area contributed by atoms with E-state index in [4.69, 9.17) is 0 Å². The number of hydrogen-bond acceptors (Lipinski definition) is 1. The summed E-state index contributed by atoms with van der Waals surface area (Å²) in [5.74, 6) is 0.428. The highest BCUT2D eigenvalue weighted by atomic mass is 32.2. The number of rotatable bonds is 5. The molecule has 2 heterocycles. The van der Waals surface area contributed by atoms with Gasteiger partial charge in [-0.1, -0.05) is 133 Å². The van der Waals surface area contributed by atoms with Crippen LogP contribution in [0.2, 0.25) is 0 Å². The molecule has 5 aromatic rings. The zero-order valence-electron chi connectivity index (χ0n) is 25.3. The number of allylic oxidation sites excluding steroid dienone is 6. The summed E-state index contributed by atoms with van der Waals surface area (Å²) in [6, 6.07) is 46.2. The largest absolute Gasteiger partial charge is 0.239 e. The molecule has 0 saturated carbocycles. The predicted octanol–water partition coefficient (Wildman–Crippen LogP) is 12.6. The van der Waals surface area contributed by atoms with Crippen LogP contribution in [-0.2, 0) is 6.42 Å². The van der Waals surface area contributed by atoms with Crippen LogP contribution in [0.4, 0.5) is 0 Å². The Morgan fingerprint density at radius 3 is 1.93 bits per heavy atom. The van der Waals surface area contributed by atoms with Gasteiger partial charge in [0.25, 0.3) is 0 Å². The molecule has 1 atom stereocenters. The fraction of sp³-hybridized carbons (Fsp3) is 0.140. The lowest BCUT2D eigenvalue weighted by molar-refractivity contribution is 0.684. The third-order valence-electron chi connectivity index (χ3n) is 9.16. The maximum atomic E-state index is 2.63. The summed E-state index contributed by atoms with van der Waals surface area (Å²) in [5, 5.41) is 0. The summed E-state index contributed by atoms with van der Waals surface area (Å²) in [7, 11) is 0. The Bertz CT molecular complexity index is 1960. The molecule has 0 nitrogen and oxygen atoms in total. The smallest absolute Gasteiger partial charge is 0.0895 e. The molecule has 1 unspecified atom stereocenters. The monoisotopic (exact) mass is 615 g/mol. The Morgan fingerprint density at radius 1 is 0.622 bits per heavy atom. The first kappa shape index (κ1) is 28.2. The SMILES string of the molecule is C1=C2SC(c3ccccc3)=CC(c3ccccc3)=C2CCC1C=C1CCCc2c(-c3ccccc3)cc(-c3ccccc3)[s+]c21. The minimum absolute atomic E-state index is 0.428. The maximum absolute atomic E-state index is 2.63. The zero-order valence-corrected chi connectivity index (χ0v) is 26.9. The first-order valence-electron chi connectivity index (χ1n) is 16.1. The highest BCUT2D eigenvalue weighted by molar-refractivity contribution is 8.12. The van der Waals surface area contributed by atoms with Gasteiger partial charge in [-0.25, -0.2) is 0 Å². The Hall–Kier alpha value is -4.24. The van der Waals surface area contributed by atoms with Crippen molar-refractivity contribution in [2.75, 3.05) is 0 Å². The quantitative estimate of drug-likeness (QED) is 0.177. The van der Waals surface area contributed by atoms with Crippen LogP contribution in [0.1, 0.15) is 47.3 Å². The molecule has 2 aliphatic carbocycles. The average Bonchev–Trinajstić information content (AvgIpc) is 3.12. The highest BCUT2D eigenvalue weighted by Crippen LogP contribution is 2.51. The van der Waals surface area contributed by atoms with Crippen molar-refractivity contribution in [3.8, 4) is 21.6 Å². The molecule has 4 aromatic carbocycles. The molecular formula is C43H35S2+. The first-order chi connectivity index (χ1) is 22.3. The molecule has 8 rings (SSSR count). The Labute approximate surface area is 275 Å². The topological polar surface area (TPSA) is 0 Å². The van der Waals surface area contributed by atoms with Crippen molar-refractivity contribution in [3.63, 3.8) is 0 Å². The molecule has 218 valence electrons. The summed E-state index contributed by atoms with van der Waals surface area (Å²) >= 11 is 3.94. The van der Waals surface area contributed by atoms with Gasteiger partial charge in [0.15, 0.2) is 0 Å². The Kier molecular flexibility index (Phi) is 7.93. The predicted molar refractivity (Wildman–Crippen MR) is 197 cm³/mol. The molecule has 45 heavy (non-hydrogen) atoms. The van der Waals surface area contributed by atoms with Crippen LogP contribution in [0.3, 0.4) is 0 Å². The summed E-state index contributed by atoms with van der Waals surface area (Å²) in [4.78, 5) is 5.61. The van der Waals surface area contributed by atoms with E-state index in [9.17, 15) is 0 Å². The number of benzene rings is 4. The van der Waals surface area contributed by atoms with Gasteiger partial charge in [0, 0.05) is 32.6 Å². The molecule has 0 saturated heterocycles. The lowest BCUT2D eigenvalue weighted by Gasteiger charge is -2.29. The van der Waals surface area contributed by atoms with Crippen LogP contribution >= 0.6 is 23.1 Å². The summed E-state index contributed by atoms with van der Waals surface area (Å²) < 4.78 is 0. The van der Waals surface area contributed by atoms with Gasteiger partial charge in [0.05, 0.1) is 0 Å². The van der Waals surface area contributed by atoms with E-state index in [0.717, 1.165) is 25.7 Å². The number of hydrogen-bond donors (Lipinski definition) is 0. The van der Waals surface area contributed by atoms with E-state index >= 15 is 0 Å². The van der Waals surface area contributed by atoms with E-state index in [2.05, 4.69) is 146 Å². The Balaban J connectivity index is 1.22. The molecule has 0 radical (unpaired) electrons. The fourth-order valence-corrected chi connectivity index (χ4v) is 9.48. The molecule has 0 bridgehead atoms. The summed E-state index contributed by atoms with van der Waals surface area (Å²) in [6.45, 7) is 0. The third-order valence-corrected chi connectivity index (χ3v) is 11.6. The lowest BCUT2D eigenvalue weighted by Crippen LogP contribution is -2.10. The van der Waals surface area contributed by atoms with Crippen molar-refractivity contribution in [1.29, 1.82) is 0 Å². The second-order valence-corrected chi connectivity index (χ2v) is 14.2. The standard InChI is InChI=1S/C43H35S2/c1-5-14-31(15-6-1)38-28-40(33-18-9-3-10-19-33)44-42-27-30(24-25-36(38)42)26-35-22-13-23-37-39(32-16-7-2-8-17-32)29-41(45-43(35)37)34-20-11-4-12-21-34/h1-12,14-21,26-30H,13,22-25H2/q+1. The van der Waals surface area contributed by atoms with Crippen molar-refractivity contribution in [1.82, 2.24) is 0 Å². The fourth-order valence-electron chi connectivity index (χ4n) is 6.95. The molecule has 1 aliphatic heterocycles. The molecule has 1 aromatic heterocycles. The molecule has 0 amide bonds. The van der Waals surface area contributed by atoms with Gasteiger partial charge >= 0.3 is 0 Å². The van der Waals surface area contributed by atoms with Gasteiger partial charge in [-0.3, -0.25) is 0 Å². The lowest BCUT2D eigenvalue weighted by atomic mass is 9.83. The molecule has 0 spiro atoms. The molecule has 0 fully saturated rings. The molecule has 2 heteroatoms. The van der Waals surface area contributed by atoms with Crippen LogP contribution in [0.5, 0.6) is 0 Å². The van der Waals surface area contributed by atoms with E-state index in [-0.39, 0.29) is 0 Å². The van der Waals surface area contributed by atoms with Gasteiger partial charge in [0.2, 0.25) is 21.1 Å². The normalized spacial score (nSPS) is 18.6. The van der Waals surface area contributed by atoms with E-state index in [1.807, 2.05) is 23.1 Å². The van der Waals surface area contributed by atoms with Crippen LogP contribution < -0.4 is 0 Å². The van der Waals surface area contributed by atoms with E-state index in [1.54, 1.807) is 0 Å². The second-order valence-electron chi connectivity index (χ2n) is 12.1. The van der Waals surface area contributed by atoms with Crippen LogP contribution in [0.25, 0.3) is 37.6 Å². The van der Waals surface area contributed by atoms with Crippen molar-refractivity contribution in [2.45, 2.75) is 32.1 Å². The van der Waals surface area contributed by atoms with Gasteiger partial charge in [-0.15, -0.1) is 0 Å². The van der Waals surface area contributed by atoms with Crippen molar-refractivity contribution >= 4 is 39.2 Å². The first-order valence-corrected chi connectivity index (χ1v) is 17.7. The van der Waals surface area contributed by atoms with Crippen LogP contribution in [0, 0.1) is 5.92 Å². The summed E-state index contributed by atoms with van der Waals surface area (Å²) in [5.41, 5.74) is 12.6. The third kappa shape index (κ3) is 5.81. The van der Waals surface area contributed by atoms with Gasteiger partial charge in [-0.05, 0) is 89.6 Å². The Morgan fingerprint density at radius 2 is 1.24 bits per heavy atom. The van der Waals surface area contributed by atoms with Gasteiger partial charge in [-0.2, -0.15) is 0 Å². The van der Waals surface area contributed by atoms with Crippen molar-refractivity contribution in [2.24, 2.45) is 5.92 Å². The number of thioether (sulfide) groups is 1. The number of fused-ring (bicyclic) bond motifs is 2. The maximum Gasteiger partial charge on any atom is 0.239 e. The minimum Gasteiger partial charge on any atom is -0.0895 e. The van der Waals surface area contributed by atoms with Crippen LogP contribution in [-0.4, -0.2) is 0 Å². The van der Waals surface area contributed by atoms with E-state index < -0.39 is 0 Å². The molecular weight excluding hydrogens is 581 g/mol. The zero-order chi connectivity index (χ0) is 30.0. The van der Waals surface area contributed by atoms with Gasteiger partial charge < -0.3 is 0 Å². The van der Waals surface area contributed by atoms with Crippen molar-refractivity contribution in [3.05, 3.63) is 178 Å². The summed E-state index contributed by atoms with van der Waals surface area (Å²) in [6.07, 6.45) is 13.4. The highest BCUT2D eigenvalue weighted by Gasteiger charge is 2.31. The van der Waals surface area contributed by atoms with Gasteiger partial charge in [0.1, 0.15) is 0 Å². The average molecular weight is 616 g/mol. The van der Waals surface area contributed by atoms with E-state index in [0.29, 0.717) is 5.92 Å². The van der Waals surface area contributed by atoms with Crippen molar-refractivity contribution < 1.29 is 0 Å². The van der Waals surface area contributed by atoms with E-state index in [1.165, 1.54) is 76.1 Å². The second kappa shape index (κ2) is 12.6. The molecule has 3 aliphatic rings. The van der Waals surface area contributed by atoms with Crippen LogP contribution in [0.15, 0.2) is 156 Å². The molecule has 0 N–H and O–H groups in total. The minimum atomic E-state index is 0.428.